The van der Waals surface area contributed by atoms with Crippen LogP contribution in [0.1, 0.15) is 132 Å². The Labute approximate surface area is 564 Å². The van der Waals surface area contributed by atoms with E-state index in [1.165, 1.54) is 66.0 Å². The second kappa shape index (κ2) is 45.3. The molecule has 92 heavy (non-hydrogen) atoms. The lowest BCUT2D eigenvalue weighted by Crippen LogP contribution is -1.86. The number of nitrogens with zero attached hydrogens (tertiary/aromatic N) is 6. The highest BCUT2D eigenvalue weighted by Gasteiger charge is 1.97. The van der Waals surface area contributed by atoms with Gasteiger partial charge in [-0.1, -0.05) is 17.7 Å². The van der Waals surface area contributed by atoms with Gasteiger partial charge in [-0.25, -0.2) is 24.3 Å². The van der Waals surface area contributed by atoms with Crippen molar-refractivity contribution in [2.45, 2.75) is 166 Å². The van der Waals surface area contributed by atoms with Crippen molar-refractivity contribution in [1.29, 1.82) is 0 Å². The number of aromatic amines is 1. The second-order valence-corrected chi connectivity index (χ2v) is 26.5. The quantitative estimate of drug-likeness (QED) is 0.158. The number of H-pyrrole nitrogens is 1. The summed E-state index contributed by atoms with van der Waals surface area (Å²) in [5.74, 6) is 4.02. The van der Waals surface area contributed by atoms with Gasteiger partial charge in [-0.3, -0.25) is 9.97 Å². The Bertz CT molecular complexity index is 3240. The van der Waals surface area contributed by atoms with Crippen LogP contribution in [0, 0.1) is 178 Å². The van der Waals surface area contributed by atoms with Crippen LogP contribution in [0.15, 0.2) is 152 Å². The van der Waals surface area contributed by atoms with Crippen molar-refractivity contribution in [1.82, 2.24) is 34.9 Å². The van der Waals surface area contributed by atoms with E-state index in [9.17, 15) is 8.78 Å². The van der Waals surface area contributed by atoms with Crippen LogP contribution in [0.25, 0.3) is 0 Å². The Hall–Kier alpha value is -7.96. The predicted molar refractivity (Wildman–Crippen MR) is 387 cm³/mol. The summed E-state index contributed by atoms with van der Waals surface area (Å²) in [6.45, 7) is 47.5. The number of thiophene rings is 2. The molecule has 0 unspecified atom stereocenters. The van der Waals surface area contributed by atoms with E-state index >= 15 is 0 Å². The van der Waals surface area contributed by atoms with Gasteiger partial charge in [0.2, 0.25) is 5.95 Å². The zero-order valence-electron chi connectivity index (χ0n) is 59.0. The summed E-state index contributed by atoms with van der Waals surface area (Å²) in [6.07, 6.45) is 8.44. The Balaban J connectivity index is 0.000000503. The SMILES string of the molecule is COc1ccc(C)cc1C.Cc1c[nH]c(C)c1.Cc1cc(C)c(F)cn1.Cc1cc(C)nc(F)c1.Cc1ccc(C)o1.Cc1ccc(C)s1.Cc1ccnc(C)c1.Cc1coc(C)c1.Cc1coc(C)n1.Cc1csc(C)c1.Cc1csc(C)n1.Cc1csc(C)n1. The van der Waals surface area contributed by atoms with Gasteiger partial charge in [0.25, 0.3) is 0 Å². The molecule has 496 valence electrons. The standard InChI is InChI=1S/C9H12O.2C7H8FN.C7H9N.C6H9N.2C6H8O.2C6H8S.C5H7NO.2C5H7NS/c1-7-4-5-9(10-3)8(2)6-7;1-5-3-6(2)9-4-7(5)8;1-5-3-6(2)9-7(8)4-5;1-6-3-4-8-7(2)5-6;2*1-5-3-6(2)7-4-5;1-5-3-4-6(2)7-5;1-5-3-6(2)7-4-5;1-5-3-4-6(2)7-5;3*1-4-3-7-5(2)6-4/h4-6H,1-3H3;2*3-4H,1-2H3;3-5H,1-2H3;3-4,7H,1-2H3;4*3-4H,1-2H3;3*3H,1-2H3. The van der Waals surface area contributed by atoms with Gasteiger partial charge in [0, 0.05) is 78.9 Å². The van der Waals surface area contributed by atoms with Gasteiger partial charge < -0.3 is 23.0 Å². The largest absolute Gasteiger partial charge is 0.496 e. The molecule has 0 radical (unpaired) electrons. The van der Waals surface area contributed by atoms with Crippen LogP contribution in [-0.4, -0.2) is 42.0 Å². The van der Waals surface area contributed by atoms with Gasteiger partial charge >= 0.3 is 0 Å². The van der Waals surface area contributed by atoms with E-state index < -0.39 is 5.95 Å². The van der Waals surface area contributed by atoms with Crippen LogP contribution >= 0.6 is 45.3 Å². The molecule has 0 aliphatic heterocycles. The second-order valence-electron chi connectivity index (χ2n) is 21.8. The summed E-state index contributed by atoms with van der Waals surface area (Å²) in [6, 6.07) is 29.6. The number of methoxy groups -OCH3 is 1. The number of hydrogen-bond donors (Lipinski definition) is 1. The highest BCUT2D eigenvalue weighted by molar-refractivity contribution is 7.11. The maximum Gasteiger partial charge on any atom is 0.213 e. The summed E-state index contributed by atoms with van der Waals surface area (Å²) in [5.41, 5.74) is 16.3. The van der Waals surface area contributed by atoms with Crippen molar-refractivity contribution in [2.75, 3.05) is 7.11 Å². The molecule has 1 aromatic carbocycles. The van der Waals surface area contributed by atoms with Gasteiger partial charge in [0.1, 0.15) is 35.1 Å². The third-order valence-corrected chi connectivity index (χ3v) is 15.2. The van der Waals surface area contributed by atoms with Crippen molar-refractivity contribution in [3.63, 3.8) is 0 Å². The first-order valence-electron chi connectivity index (χ1n) is 29.8. The van der Waals surface area contributed by atoms with Crippen molar-refractivity contribution >= 4 is 45.3 Å². The molecule has 11 heterocycles. The molecule has 1 N–H and O–H groups in total. The number of furan rings is 2. The van der Waals surface area contributed by atoms with E-state index in [-0.39, 0.29) is 5.82 Å². The highest BCUT2D eigenvalue weighted by atomic mass is 32.1. The number of pyridine rings is 3. The lowest BCUT2D eigenvalue weighted by Gasteiger charge is -2.03. The van der Waals surface area contributed by atoms with Crippen molar-refractivity contribution in [3.05, 3.63) is 282 Å². The minimum Gasteiger partial charge on any atom is -0.496 e. The molecular formula is C75H99F2N7O4S4. The van der Waals surface area contributed by atoms with Gasteiger partial charge in [-0.2, -0.15) is 4.39 Å². The van der Waals surface area contributed by atoms with Crippen LogP contribution in [0.5, 0.6) is 5.75 Å². The van der Waals surface area contributed by atoms with Crippen LogP contribution < -0.4 is 4.74 Å². The van der Waals surface area contributed by atoms with Gasteiger partial charge in [0.05, 0.1) is 35.3 Å². The maximum absolute atomic E-state index is 12.4. The molecule has 0 aliphatic carbocycles. The van der Waals surface area contributed by atoms with Gasteiger partial charge in [-0.15, -0.1) is 45.3 Å². The zero-order valence-corrected chi connectivity index (χ0v) is 62.3. The van der Waals surface area contributed by atoms with E-state index in [0.29, 0.717) is 5.56 Å². The van der Waals surface area contributed by atoms with Gasteiger partial charge in [0.15, 0.2) is 5.89 Å². The molecule has 0 amide bonds. The molecule has 17 heteroatoms. The topological polar surface area (TPSA) is 142 Å². The highest BCUT2D eigenvalue weighted by Crippen LogP contribution is 2.18. The lowest BCUT2D eigenvalue weighted by molar-refractivity contribution is 0.411. The third-order valence-electron chi connectivity index (χ3n) is 11.5. The zero-order chi connectivity index (χ0) is 69.5. The van der Waals surface area contributed by atoms with Crippen molar-refractivity contribution < 1.29 is 26.8 Å². The van der Waals surface area contributed by atoms with Crippen LogP contribution in [0.4, 0.5) is 8.78 Å². The average Bonchev–Trinajstić information content (AvgIpc) is 2.88. The first kappa shape index (κ1) is 82.1. The van der Waals surface area contributed by atoms with Crippen molar-refractivity contribution in [3.8, 4) is 5.75 Å². The van der Waals surface area contributed by atoms with Gasteiger partial charge in [-0.05, 0) is 282 Å². The van der Waals surface area contributed by atoms with Crippen LogP contribution in [-0.2, 0) is 0 Å². The first-order valence-corrected chi connectivity index (χ1v) is 33.2. The molecule has 0 fully saturated rings. The molecule has 12 rings (SSSR count). The molecule has 0 saturated carbocycles. The van der Waals surface area contributed by atoms with E-state index in [1.54, 1.807) is 73.6 Å². The number of benzene rings is 1. The number of nitrogens with one attached hydrogen (secondary N) is 1. The normalized spacial score (nSPS) is 9.47. The van der Waals surface area contributed by atoms with Crippen LogP contribution in [0.2, 0.25) is 0 Å². The number of aromatic nitrogens is 7. The maximum atomic E-state index is 12.4. The monoisotopic (exact) mass is 1330 g/mol. The van der Waals surface area contributed by atoms with E-state index in [1.807, 2.05) is 170 Å². The minimum absolute atomic E-state index is 0.236. The fourth-order valence-corrected chi connectivity index (χ4v) is 10.2. The fraction of sp³-hybridized carbons (Fsp3) is 0.333. The third kappa shape index (κ3) is 41.4. The smallest absolute Gasteiger partial charge is 0.213 e. The van der Waals surface area contributed by atoms with E-state index in [0.717, 1.165) is 78.7 Å². The fourth-order valence-electron chi connectivity index (χ4n) is 7.52. The summed E-state index contributed by atoms with van der Waals surface area (Å²) in [5, 5.41) is 8.56. The van der Waals surface area contributed by atoms with Crippen LogP contribution in [0.3, 0.4) is 0 Å². The number of aryl methyl sites for hydroxylation is 24. The summed E-state index contributed by atoms with van der Waals surface area (Å²) in [7, 11) is 1.69. The minimum atomic E-state index is -0.396. The Morgan fingerprint density at radius 1 is 0.413 bits per heavy atom. The van der Waals surface area contributed by atoms with E-state index in [4.69, 9.17) is 18.0 Å². The number of ether oxygens (including phenoxy) is 1. The summed E-state index contributed by atoms with van der Waals surface area (Å²) < 4.78 is 44.8. The molecule has 11 nitrogen and oxygen atoms in total. The average molecular weight is 1330 g/mol. The predicted octanol–water partition coefficient (Wildman–Crippen LogP) is 22.7. The summed E-state index contributed by atoms with van der Waals surface area (Å²) >= 11 is 7.03. The molecule has 0 bridgehead atoms. The Morgan fingerprint density at radius 3 is 1.24 bits per heavy atom. The Morgan fingerprint density at radius 2 is 0.989 bits per heavy atom. The van der Waals surface area contributed by atoms with E-state index in [2.05, 4.69) is 136 Å². The molecule has 0 spiro atoms. The number of hydrogen-bond acceptors (Lipinski definition) is 14. The molecule has 0 aliphatic rings. The van der Waals surface area contributed by atoms with Crippen molar-refractivity contribution in [2.24, 2.45) is 0 Å². The number of thiazole rings is 2. The lowest BCUT2D eigenvalue weighted by atomic mass is 10.1. The first-order chi connectivity index (χ1) is 43.2. The number of oxazole rings is 1. The number of halogens is 2. The Kier molecular flexibility index (Phi) is 40.4. The number of rotatable bonds is 1. The molecule has 11 aromatic heterocycles. The molecule has 0 atom stereocenters. The molecule has 0 saturated heterocycles. The molecular weight excluding hydrogens is 1230 g/mol. The molecule has 12 aromatic rings. The summed E-state index contributed by atoms with van der Waals surface area (Å²) in [4.78, 5) is 30.8.